The van der Waals surface area contributed by atoms with E-state index >= 15 is 0 Å². The minimum Gasteiger partial charge on any atom is -0.399 e. The monoisotopic (exact) mass is 194 g/mol. The quantitative estimate of drug-likeness (QED) is 0.741. The molecule has 0 bridgehead atoms. The van der Waals surface area contributed by atoms with Crippen LogP contribution in [0.25, 0.3) is 0 Å². The maximum Gasteiger partial charge on any atom is 0.0637 e. The molecule has 0 atom stereocenters. The average molecular weight is 194 g/mol. The van der Waals surface area contributed by atoms with Crippen molar-refractivity contribution in [3.05, 3.63) is 23.8 Å². The van der Waals surface area contributed by atoms with E-state index in [4.69, 9.17) is 10.5 Å². The number of ether oxygens (including phenoxy) is 1. The molecule has 0 fully saturated rings. The molecule has 0 spiro atoms. The lowest BCUT2D eigenvalue weighted by molar-refractivity contribution is 0.206. The first-order valence-corrected chi connectivity index (χ1v) is 4.71. The number of nitrogen functional groups attached to an aromatic ring is 1. The number of hydrogen-bond acceptors (Lipinski definition) is 3. The zero-order valence-electron chi connectivity index (χ0n) is 9.08. The van der Waals surface area contributed by atoms with Crippen LogP contribution in [0.2, 0.25) is 0 Å². The summed E-state index contributed by atoms with van der Waals surface area (Å²) in [6.45, 7) is 3.68. The Bertz CT molecular complexity index is 299. The van der Waals surface area contributed by atoms with Gasteiger partial charge in [0.1, 0.15) is 0 Å². The van der Waals surface area contributed by atoms with Crippen LogP contribution in [0.15, 0.2) is 18.2 Å². The number of rotatable bonds is 4. The molecule has 2 N–H and O–H groups in total. The molecule has 0 amide bonds. The Morgan fingerprint density at radius 2 is 2.14 bits per heavy atom. The first-order chi connectivity index (χ1) is 6.65. The normalized spacial score (nSPS) is 10.2. The molecular weight excluding hydrogens is 176 g/mol. The summed E-state index contributed by atoms with van der Waals surface area (Å²) in [5, 5.41) is 0. The lowest BCUT2D eigenvalue weighted by Gasteiger charge is -2.21. The van der Waals surface area contributed by atoms with E-state index in [1.54, 1.807) is 7.11 Å². The number of hydrogen-bond donors (Lipinski definition) is 1. The SMILES string of the molecule is COCCN(C)c1cc(N)ccc1C. The number of benzene rings is 1. The van der Waals surface area contributed by atoms with E-state index in [1.165, 1.54) is 11.3 Å². The second-order valence-corrected chi connectivity index (χ2v) is 3.46. The Morgan fingerprint density at radius 3 is 2.79 bits per heavy atom. The molecule has 0 unspecified atom stereocenters. The van der Waals surface area contributed by atoms with Crippen molar-refractivity contribution in [2.45, 2.75) is 6.92 Å². The highest BCUT2D eigenvalue weighted by atomic mass is 16.5. The number of anilines is 2. The van der Waals surface area contributed by atoms with E-state index in [0.29, 0.717) is 0 Å². The molecular formula is C11H18N2O. The standard InChI is InChI=1S/C11H18N2O/c1-9-4-5-10(12)8-11(9)13(2)6-7-14-3/h4-5,8H,6-7,12H2,1-3H3. The molecule has 0 radical (unpaired) electrons. The van der Waals surface area contributed by atoms with Gasteiger partial charge in [-0.05, 0) is 24.6 Å². The molecule has 0 aromatic heterocycles. The van der Waals surface area contributed by atoms with Crippen LogP contribution in [0, 0.1) is 6.92 Å². The van der Waals surface area contributed by atoms with Crippen molar-refractivity contribution < 1.29 is 4.74 Å². The maximum absolute atomic E-state index is 5.74. The Morgan fingerprint density at radius 1 is 1.43 bits per heavy atom. The van der Waals surface area contributed by atoms with Crippen LogP contribution in [0.4, 0.5) is 11.4 Å². The van der Waals surface area contributed by atoms with Crippen LogP contribution < -0.4 is 10.6 Å². The van der Waals surface area contributed by atoms with Gasteiger partial charge in [-0.2, -0.15) is 0 Å². The van der Waals surface area contributed by atoms with Gasteiger partial charge in [-0.25, -0.2) is 0 Å². The van der Waals surface area contributed by atoms with Gasteiger partial charge in [-0.15, -0.1) is 0 Å². The lowest BCUT2D eigenvalue weighted by atomic mass is 10.1. The van der Waals surface area contributed by atoms with Crippen LogP contribution in [-0.2, 0) is 4.74 Å². The third-order valence-corrected chi connectivity index (χ3v) is 2.28. The summed E-state index contributed by atoms with van der Waals surface area (Å²) < 4.78 is 5.03. The fourth-order valence-electron chi connectivity index (χ4n) is 1.39. The second-order valence-electron chi connectivity index (χ2n) is 3.46. The van der Waals surface area contributed by atoms with Crippen LogP contribution in [0.5, 0.6) is 0 Å². The van der Waals surface area contributed by atoms with Crippen molar-refractivity contribution in [1.82, 2.24) is 0 Å². The predicted octanol–water partition coefficient (Wildman–Crippen LogP) is 1.66. The third kappa shape index (κ3) is 2.64. The summed E-state index contributed by atoms with van der Waals surface area (Å²) in [7, 11) is 3.75. The molecule has 0 aliphatic rings. The maximum atomic E-state index is 5.74. The summed E-state index contributed by atoms with van der Waals surface area (Å²) in [4.78, 5) is 2.15. The molecule has 14 heavy (non-hydrogen) atoms. The summed E-state index contributed by atoms with van der Waals surface area (Å²) in [6, 6.07) is 5.95. The van der Waals surface area contributed by atoms with Gasteiger partial charge in [-0.3, -0.25) is 0 Å². The zero-order chi connectivity index (χ0) is 10.6. The molecule has 1 aromatic carbocycles. The van der Waals surface area contributed by atoms with E-state index < -0.39 is 0 Å². The number of likely N-dealkylation sites (N-methyl/N-ethyl adjacent to an activating group) is 1. The molecule has 1 rings (SSSR count). The summed E-state index contributed by atoms with van der Waals surface area (Å²) in [6.07, 6.45) is 0. The number of aryl methyl sites for hydroxylation is 1. The van der Waals surface area contributed by atoms with E-state index in [1.807, 2.05) is 25.2 Å². The Hall–Kier alpha value is -1.22. The molecule has 78 valence electrons. The van der Waals surface area contributed by atoms with Gasteiger partial charge in [0.05, 0.1) is 6.61 Å². The van der Waals surface area contributed by atoms with E-state index in [2.05, 4.69) is 11.8 Å². The highest BCUT2D eigenvalue weighted by molar-refractivity contribution is 5.60. The van der Waals surface area contributed by atoms with Gasteiger partial charge < -0.3 is 15.4 Å². The minimum absolute atomic E-state index is 0.727. The largest absolute Gasteiger partial charge is 0.399 e. The van der Waals surface area contributed by atoms with Crippen LogP contribution in [0.1, 0.15) is 5.56 Å². The first-order valence-electron chi connectivity index (χ1n) is 4.71. The molecule has 3 heteroatoms. The topological polar surface area (TPSA) is 38.5 Å². The first kappa shape index (κ1) is 10.9. The highest BCUT2D eigenvalue weighted by Crippen LogP contribution is 2.21. The van der Waals surface area contributed by atoms with Gasteiger partial charge in [0.2, 0.25) is 0 Å². The second kappa shape index (κ2) is 4.86. The highest BCUT2D eigenvalue weighted by Gasteiger charge is 2.04. The van der Waals surface area contributed by atoms with Crippen LogP contribution >= 0.6 is 0 Å². The minimum atomic E-state index is 0.727. The van der Waals surface area contributed by atoms with Gasteiger partial charge in [0.15, 0.2) is 0 Å². The summed E-state index contributed by atoms with van der Waals surface area (Å²) in [5.74, 6) is 0. The van der Waals surface area contributed by atoms with Crippen molar-refractivity contribution in [2.24, 2.45) is 0 Å². The van der Waals surface area contributed by atoms with Gasteiger partial charge in [0, 0.05) is 32.1 Å². The summed E-state index contributed by atoms with van der Waals surface area (Å²) >= 11 is 0. The predicted molar refractivity (Wildman–Crippen MR) is 60.7 cm³/mol. The molecule has 0 heterocycles. The molecule has 1 aromatic rings. The van der Waals surface area contributed by atoms with Crippen LogP contribution in [0.3, 0.4) is 0 Å². The van der Waals surface area contributed by atoms with Crippen molar-refractivity contribution in [1.29, 1.82) is 0 Å². The molecule has 0 saturated heterocycles. The zero-order valence-corrected chi connectivity index (χ0v) is 9.08. The molecule has 0 aliphatic carbocycles. The van der Waals surface area contributed by atoms with Crippen molar-refractivity contribution in [3.63, 3.8) is 0 Å². The molecule has 0 aliphatic heterocycles. The van der Waals surface area contributed by atoms with Gasteiger partial charge >= 0.3 is 0 Å². The fraction of sp³-hybridized carbons (Fsp3) is 0.455. The average Bonchev–Trinajstić information content (AvgIpc) is 2.18. The van der Waals surface area contributed by atoms with Crippen molar-refractivity contribution in [2.75, 3.05) is 37.9 Å². The third-order valence-electron chi connectivity index (χ3n) is 2.28. The Balaban J connectivity index is 2.77. The Labute approximate surface area is 85.5 Å². The number of nitrogens with zero attached hydrogens (tertiary/aromatic N) is 1. The summed E-state index contributed by atoms with van der Waals surface area (Å²) in [5.41, 5.74) is 8.94. The number of methoxy groups -OCH3 is 1. The van der Waals surface area contributed by atoms with E-state index in [0.717, 1.165) is 18.8 Å². The lowest BCUT2D eigenvalue weighted by Crippen LogP contribution is -2.22. The van der Waals surface area contributed by atoms with Gasteiger partial charge in [-0.1, -0.05) is 6.07 Å². The fourth-order valence-corrected chi connectivity index (χ4v) is 1.39. The number of nitrogens with two attached hydrogens (primary N) is 1. The van der Waals surface area contributed by atoms with E-state index in [9.17, 15) is 0 Å². The molecule has 3 nitrogen and oxygen atoms in total. The van der Waals surface area contributed by atoms with Crippen LogP contribution in [-0.4, -0.2) is 27.3 Å². The van der Waals surface area contributed by atoms with Gasteiger partial charge in [0.25, 0.3) is 0 Å². The van der Waals surface area contributed by atoms with Crippen molar-refractivity contribution in [3.8, 4) is 0 Å². The Kier molecular flexibility index (Phi) is 3.77. The smallest absolute Gasteiger partial charge is 0.0637 e. The van der Waals surface area contributed by atoms with E-state index in [-0.39, 0.29) is 0 Å². The molecule has 0 saturated carbocycles. The van der Waals surface area contributed by atoms with Crippen molar-refractivity contribution >= 4 is 11.4 Å².